The van der Waals surface area contributed by atoms with E-state index in [1.807, 2.05) is 37.8 Å². The zero-order valence-electron chi connectivity index (χ0n) is 14.6. The number of nitrogens with zero attached hydrogens (tertiary/aromatic N) is 2. The lowest BCUT2D eigenvalue weighted by molar-refractivity contribution is 0.00291. The van der Waals surface area contributed by atoms with Crippen molar-refractivity contribution in [3.63, 3.8) is 0 Å². The Balaban J connectivity index is 1.57. The van der Waals surface area contributed by atoms with E-state index in [9.17, 15) is 9.18 Å². The zero-order chi connectivity index (χ0) is 17.3. The average Bonchev–Trinajstić information content (AvgIpc) is 2.47. The van der Waals surface area contributed by atoms with Crippen LogP contribution in [0.25, 0.3) is 0 Å². The molecule has 2 unspecified atom stereocenters. The van der Waals surface area contributed by atoms with Crippen molar-refractivity contribution in [3.05, 3.63) is 35.6 Å². The standard InChI is InChI=1S/C18H26FN3O2/c1-18(2,3)24-17(23)22-11-15-9-21(10-16(12-22)20-15)8-13-4-6-14(19)7-5-13/h4-7,15-16,20H,8-12H2,1-3H3. The van der Waals surface area contributed by atoms with Crippen LogP contribution in [0.2, 0.25) is 0 Å². The van der Waals surface area contributed by atoms with Gasteiger partial charge in [-0.1, -0.05) is 12.1 Å². The van der Waals surface area contributed by atoms with E-state index in [4.69, 9.17) is 4.74 Å². The topological polar surface area (TPSA) is 44.8 Å². The molecule has 2 fully saturated rings. The van der Waals surface area contributed by atoms with Gasteiger partial charge in [0.25, 0.3) is 0 Å². The number of amides is 1. The maximum Gasteiger partial charge on any atom is 0.410 e. The second-order valence-corrected chi connectivity index (χ2v) is 7.77. The lowest BCUT2D eigenvalue weighted by atomic mass is 10.0. The van der Waals surface area contributed by atoms with E-state index in [0.717, 1.165) is 25.2 Å². The normalized spacial score (nSPS) is 24.8. The minimum atomic E-state index is -0.467. The van der Waals surface area contributed by atoms with Crippen molar-refractivity contribution in [2.45, 2.75) is 45.0 Å². The number of benzene rings is 1. The summed E-state index contributed by atoms with van der Waals surface area (Å²) in [6.45, 7) is 9.52. The first-order valence-electron chi connectivity index (χ1n) is 8.49. The molecule has 2 saturated heterocycles. The van der Waals surface area contributed by atoms with E-state index >= 15 is 0 Å². The monoisotopic (exact) mass is 335 g/mol. The molecule has 0 radical (unpaired) electrons. The van der Waals surface area contributed by atoms with Crippen molar-refractivity contribution < 1.29 is 13.9 Å². The molecule has 3 rings (SSSR count). The lowest BCUT2D eigenvalue weighted by Gasteiger charge is -2.46. The smallest absolute Gasteiger partial charge is 0.410 e. The Morgan fingerprint density at radius 2 is 1.75 bits per heavy atom. The predicted octanol–water partition coefficient (Wildman–Crippen LogP) is 2.22. The molecule has 0 aromatic heterocycles. The van der Waals surface area contributed by atoms with Gasteiger partial charge in [0.05, 0.1) is 0 Å². The number of piperazine rings is 2. The molecule has 0 aliphatic carbocycles. The number of hydrogen-bond acceptors (Lipinski definition) is 4. The van der Waals surface area contributed by atoms with E-state index in [0.29, 0.717) is 13.1 Å². The summed E-state index contributed by atoms with van der Waals surface area (Å²) >= 11 is 0. The Labute approximate surface area is 142 Å². The average molecular weight is 335 g/mol. The summed E-state index contributed by atoms with van der Waals surface area (Å²) in [6, 6.07) is 7.15. The third-order valence-electron chi connectivity index (χ3n) is 4.28. The fraction of sp³-hybridized carbons (Fsp3) is 0.611. The van der Waals surface area contributed by atoms with Crippen molar-refractivity contribution in [1.82, 2.24) is 15.1 Å². The molecule has 2 heterocycles. The largest absolute Gasteiger partial charge is 0.444 e. The Bertz CT molecular complexity index is 571. The van der Waals surface area contributed by atoms with Crippen LogP contribution in [-0.4, -0.2) is 59.8 Å². The van der Waals surface area contributed by atoms with Crippen LogP contribution < -0.4 is 5.32 Å². The highest BCUT2D eigenvalue weighted by atomic mass is 19.1. The third-order valence-corrected chi connectivity index (χ3v) is 4.28. The van der Waals surface area contributed by atoms with E-state index in [1.165, 1.54) is 12.1 Å². The molecule has 132 valence electrons. The molecule has 6 heteroatoms. The predicted molar refractivity (Wildman–Crippen MR) is 90.2 cm³/mol. The summed E-state index contributed by atoms with van der Waals surface area (Å²) in [4.78, 5) is 16.5. The molecule has 1 aromatic rings. The van der Waals surface area contributed by atoms with Gasteiger partial charge >= 0.3 is 6.09 Å². The Hall–Kier alpha value is -1.66. The number of carbonyl (C=O) groups is 1. The van der Waals surface area contributed by atoms with E-state index < -0.39 is 5.60 Å². The van der Waals surface area contributed by atoms with Gasteiger partial charge in [0.2, 0.25) is 0 Å². The van der Waals surface area contributed by atoms with Gasteiger partial charge < -0.3 is 15.0 Å². The highest BCUT2D eigenvalue weighted by Gasteiger charge is 2.36. The lowest BCUT2D eigenvalue weighted by Crippen LogP contribution is -2.67. The van der Waals surface area contributed by atoms with Gasteiger partial charge in [-0.2, -0.15) is 0 Å². The molecule has 2 aliphatic rings. The van der Waals surface area contributed by atoms with Crippen LogP contribution in [0.4, 0.5) is 9.18 Å². The van der Waals surface area contributed by atoms with Gasteiger partial charge in [-0.15, -0.1) is 0 Å². The van der Waals surface area contributed by atoms with Crippen molar-refractivity contribution in [1.29, 1.82) is 0 Å². The van der Waals surface area contributed by atoms with Crippen LogP contribution >= 0.6 is 0 Å². The number of halogens is 1. The van der Waals surface area contributed by atoms with Crippen LogP contribution in [0.15, 0.2) is 24.3 Å². The van der Waals surface area contributed by atoms with Gasteiger partial charge in [0, 0.05) is 44.8 Å². The van der Waals surface area contributed by atoms with Gasteiger partial charge in [-0.25, -0.2) is 9.18 Å². The number of ether oxygens (including phenoxy) is 1. The van der Waals surface area contributed by atoms with Gasteiger partial charge in [-0.3, -0.25) is 4.90 Å². The van der Waals surface area contributed by atoms with Crippen LogP contribution in [0.5, 0.6) is 0 Å². The third kappa shape index (κ3) is 4.45. The summed E-state index contributed by atoms with van der Waals surface area (Å²) < 4.78 is 18.5. The summed E-state index contributed by atoms with van der Waals surface area (Å²) in [7, 11) is 0. The van der Waals surface area contributed by atoms with Crippen LogP contribution in [-0.2, 0) is 11.3 Å². The number of hydrogen-bond donors (Lipinski definition) is 1. The molecule has 0 spiro atoms. The summed E-state index contributed by atoms with van der Waals surface area (Å²) in [5.74, 6) is -0.205. The highest BCUT2D eigenvalue weighted by molar-refractivity contribution is 5.68. The second kappa shape index (κ2) is 6.69. The first-order valence-corrected chi connectivity index (χ1v) is 8.49. The molecular formula is C18H26FN3O2. The Morgan fingerprint density at radius 1 is 1.17 bits per heavy atom. The minimum absolute atomic E-state index is 0.205. The second-order valence-electron chi connectivity index (χ2n) is 7.77. The first-order chi connectivity index (χ1) is 11.3. The van der Waals surface area contributed by atoms with Crippen LogP contribution in [0.3, 0.4) is 0 Å². The minimum Gasteiger partial charge on any atom is -0.444 e. The van der Waals surface area contributed by atoms with Gasteiger partial charge in [-0.05, 0) is 38.5 Å². The first kappa shape index (κ1) is 17.2. The summed E-state index contributed by atoms with van der Waals surface area (Å²) in [5, 5.41) is 3.57. The number of fused-ring (bicyclic) bond motifs is 2. The van der Waals surface area contributed by atoms with E-state index in [-0.39, 0.29) is 24.0 Å². The number of nitrogens with one attached hydrogen (secondary N) is 1. The van der Waals surface area contributed by atoms with Crippen molar-refractivity contribution >= 4 is 6.09 Å². The Kier molecular flexibility index (Phi) is 4.78. The molecule has 2 bridgehead atoms. The van der Waals surface area contributed by atoms with E-state index in [1.54, 1.807) is 0 Å². The molecule has 2 aliphatic heterocycles. The molecular weight excluding hydrogens is 309 g/mol. The molecule has 1 amide bonds. The van der Waals surface area contributed by atoms with Crippen molar-refractivity contribution in [3.8, 4) is 0 Å². The van der Waals surface area contributed by atoms with Gasteiger partial charge in [0.1, 0.15) is 11.4 Å². The zero-order valence-corrected chi connectivity index (χ0v) is 14.6. The SMILES string of the molecule is CC(C)(C)OC(=O)N1CC2CN(Cc3ccc(F)cc3)CC(C1)N2. The van der Waals surface area contributed by atoms with Crippen molar-refractivity contribution in [2.24, 2.45) is 0 Å². The number of rotatable bonds is 2. The molecule has 0 saturated carbocycles. The maximum atomic E-state index is 13.0. The highest BCUT2D eigenvalue weighted by Crippen LogP contribution is 2.18. The van der Waals surface area contributed by atoms with Crippen LogP contribution in [0, 0.1) is 5.82 Å². The Morgan fingerprint density at radius 3 is 2.29 bits per heavy atom. The number of carbonyl (C=O) groups excluding carboxylic acids is 1. The van der Waals surface area contributed by atoms with E-state index in [2.05, 4.69) is 10.2 Å². The summed E-state index contributed by atoms with van der Waals surface area (Å²) in [6.07, 6.45) is -0.231. The molecule has 1 N–H and O–H groups in total. The molecule has 5 nitrogen and oxygen atoms in total. The quantitative estimate of drug-likeness (QED) is 0.900. The maximum absolute atomic E-state index is 13.0. The molecule has 24 heavy (non-hydrogen) atoms. The molecule has 2 atom stereocenters. The molecule has 1 aromatic carbocycles. The van der Waals surface area contributed by atoms with Crippen molar-refractivity contribution in [2.75, 3.05) is 26.2 Å². The van der Waals surface area contributed by atoms with Crippen LogP contribution in [0.1, 0.15) is 26.3 Å². The fourth-order valence-electron chi connectivity index (χ4n) is 3.42. The summed E-state index contributed by atoms with van der Waals surface area (Å²) in [5.41, 5.74) is 0.645. The fourth-order valence-corrected chi connectivity index (χ4v) is 3.42. The van der Waals surface area contributed by atoms with Gasteiger partial charge in [0.15, 0.2) is 0 Å².